The Kier molecular flexibility index (Phi) is 3.81. The summed E-state index contributed by atoms with van der Waals surface area (Å²) >= 11 is 2.96. The van der Waals surface area contributed by atoms with Crippen LogP contribution in [0.2, 0.25) is 0 Å². The Bertz CT molecular complexity index is 778. The molecule has 0 amide bonds. The number of carbonyl (C=O) groups is 1. The van der Waals surface area contributed by atoms with Crippen LogP contribution in [0.25, 0.3) is 22.0 Å². The van der Waals surface area contributed by atoms with Crippen LogP contribution >= 0.6 is 22.7 Å². The van der Waals surface area contributed by atoms with Crippen LogP contribution in [-0.4, -0.2) is 21.0 Å². The van der Waals surface area contributed by atoms with Gasteiger partial charge >= 0.3 is 5.97 Å². The van der Waals surface area contributed by atoms with Gasteiger partial charge in [-0.2, -0.15) is 0 Å². The summed E-state index contributed by atoms with van der Waals surface area (Å²) in [6.45, 7) is 1.94. The molecule has 3 rings (SSSR count). The fourth-order valence-electron chi connectivity index (χ4n) is 2.00. The molecule has 0 spiro atoms. The number of aromatic nitrogens is 2. The number of carboxylic acid groups (broad SMARTS) is 1. The third kappa shape index (κ3) is 3.01. The first-order chi connectivity index (χ1) is 10.1. The number of hydrogen-bond donors (Lipinski definition) is 1. The summed E-state index contributed by atoms with van der Waals surface area (Å²) in [6.07, 6.45) is -0.0228. The van der Waals surface area contributed by atoms with Crippen molar-refractivity contribution in [3.63, 3.8) is 0 Å². The molecule has 4 nitrogen and oxygen atoms in total. The van der Waals surface area contributed by atoms with Crippen LogP contribution in [0.4, 0.5) is 0 Å². The lowest BCUT2D eigenvalue weighted by Crippen LogP contribution is -1.99. The Morgan fingerprint density at radius 1 is 1.24 bits per heavy atom. The maximum Gasteiger partial charge on any atom is 0.308 e. The lowest BCUT2D eigenvalue weighted by molar-refractivity contribution is -0.136. The number of aryl methyl sites for hydroxylation is 1. The molecule has 3 aromatic rings. The van der Waals surface area contributed by atoms with Crippen molar-refractivity contribution >= 4 is 28.6 Å². The van der Waals surface area contributed by atoms with Crippen LogP contribution in [-0.2, 0) is 11.2 Å². The first-order valence-corrected chi connectivity index (χ1v) is 8.02. The van der Waals surface area contributed by atoms with Crippen molar-refractivity contribution in [3.8, 4) is 22.0 Å². The standard InChI is InChI=1S/C15H12N2O2S2/c1-9-16-11(8-20-9)15-17-14(10-5-3-2-4-6-10)12(21-15)7-13(18)19/h2-6,8H,7H2,1H3,(H,18,19). The van der Waals surface area contributed by atoms with E-state index in [1.165, 1.54) is 11.3 Å². The SMILES string of the molecule is Cc1nc(-c2nc(-c3ccccc3)c(CC(=O)O)s2)cs1. The van der Waals surface area contributed by atoms with E-state index in [-0.39, 0.29) is 6.42 Å². The van der Waals surface area contributed by atoms with Gasteiger partial charge in [-0.25, -0.2) is 9.97 Å². The third-order valence-corrected chi connectivity index (χ3v) is 4.75. The fourth-order valence-corrected chi connectivity index (χ4v) is 3.71. The Morgan fingerprint density at radius 3 is 2.62 bits per heavy atom. The quantitative estimate of drug-likeness (QED) is 0.793. The van der Waals surface area contributed by atoms with Crippen LogP contribution in [0, 0.1) is 6.92 Å². The molecule has 6 heteroatoms. The zero-order chi connectivity index (χ0) is 14.8. The normalized spacial score (nSPS) is 10.7. The van der Waals surface area contributed by atoms with E-state index in [0.29, 0.717) is 0 Å². The van der Waals surface area contributed by atoms with E-state index in [4.69, 9.17) is 5.11 Å². The Labute approximate surface area is 129 Å². The minimum Gasteiger partial charge on any atom is -0.481 e. The van der Waals surface area contributed by atoms with Gasteiger partial charge in [-0.1, -0.05) is 30.3 Å². The number of carboxylic acids is 1. The zero-order valence-electron chi connectivity index (χ0n) is 11.2. The highest BCUT2D eigenvalue weighted by Crippen LogP contribution is 2.34. The van der Waals surface area contributed by atoms with Crippen LogP contribution in [0.3, 0.4) is 0 Å². The predicted molar refractivity (Wildman–Crippen MR) is 84.7 cm³/mol. The van der Waals surface area contributed by atoms with Gasteiger partial charge in [0.2, 0.25) is 0 Å². The van der Waals surface area contributed by atoms with Crippen molar-refractivity contribution in [1.82, 2.24) is 9.97 Å². The van der Waals surface area contributed by atoms with Gasteiger partial charge in [0.05, 0.1) is 17.1 Å². The molecule has 0 atom stereocenters. The molecule has 0 aliphatic carbocycles. The zero-order valence-corrected chi connectivity index (χ0v) is 12.9. The average molecular weight is 316 g/mol. The smallest absolute Gasteiger partial charge is 0.308 e. The Balaban J connectivity index is 2.09. The summed E-state index contributed by atoms with van der Waals surface area (Å²) < 4.78 is 0. The van der Waals surface area contributed by atoms with Gasteiger partial charge in [0.15, 0.2) is 0 Å². The van der Waals surface area contributed by atoms with Crippen molar-refractivity contribution in [2.75, 3.05) is 0 Å². The summed E-state index contributed by atoms with van der Waals surface area (Å²) in [5.74, 6) is -0.850. The van der Waals surface area contributed by atoms with E-state index in [9.17, 15) is 4.79 Å². The molecule has 0 saturated heterocycles. The van der Waals surface area contributed by atoms with Gasteiger partial charge in [-0.15, -0.1) is 22.7 Å². The summed E-state index contributed by atoms with van der Waals surface area (Å²) in [7, 11) is 0. The van der Waals surface area contributed by atoms with Gasteiger partial charge in [0, 0.05) is 15.8 Å². The van der Waals surface area contributed by atoms with Crippen molar-refractivity contribution < 1.29 is 9.90 Å². The van der Waals surface area contributed by atoms with Gasteiger partial charge in [0.1, 0.15) is 10.7 Å². The molecule has 1 N–H and O–H groups in total. The second kappa shape index (κ2) is 5.75. The molecule has 0 saturated carbocycles. The summed E-state index contributed by atoms with van der Waals surface area (Å²) in [5.41, 5.74) is 2.49. The highest BCUT2D eigenvalue weighted by molar-refractivity contribution is 7.16. The number of nitrogens with zero attached hydrogens (tertiary/aromatic N) is 2. The number of benzene rings is 1. The van der Waals surface area contributed by atoms with Gasteiger partial charge in [-0.05, 0) is 6.92 Å². The highest BCUT2D eigenvalue weighted by Gasteiger charge is 2.17. The van der Waals surface area contributed by atoms with Crippen molar-refractivity contribution in [1.29, 1.82) is 0 Å². The topological polar surface area (TPSA) is 63.1 Å². The minimum absolute atomic E-state index is 0.0228. The molecule has 0 aliphatic heterocycles. The minimum atomic E-state index is -0.850. The molecule has 21 heavy (non-hydrogen) atoms. The predicted octanol–water partition coefficient (Wildman–Crippen LogP) is 3.87. The molecular formula is C15H12N2O2S2. The van der Waals surface area contributed by atoms with Crippen LogP contribution < -0.4 is 0 Å². The van der Waals surface area contributed by atoms with Crippen molar-refractivity contribution in [2.45, 2.75) is 13.3 Å². The number of rotatable bonds is 4. The van der Waals surface area contributed by atoms with Crippen LogP contribution in [0.5, 0.6) is 0 Å². The second-order valence-corrected chi connectivity index (χ2v) is 6.62. The molecule has 2 aromatic heterocycles. The Morgan fingerprint density at radius 2 is 2.00 bits per heavy atom. The molecule has 0 aliphatic rings. The number of hydrogen-bond acceptors (Lipinski definition) is 5. The monoisotopic (exact) mass is 316 g/mol. The van der Waals surface area contributed by atoms with Crippen LogP contribution in [0.1, 0.15) is 9.88 Å². The summed E-state index contributed by atoms with van der Waals surface area (Å²) in [5, 5.41) is 12.8. The van der Waals surface area contributed by atoms with Crippen molar-refractivity contribution in [2.24, 2.45) is 0 Å². The number of thiazole rings is 2. The van der Waals surface area contributed by atoms with Crippen LogP contribution in [0.15, 0.2) is 35.7 Å². The Hall–Kier alpha value is -2.05. The maximum absolute atomic E-state index is 11.1. The first-order valence-electron chi connectivity index (χ1n) is 6.33. The molecule has 0 unspecified atom stereocenters. The molecule has 2 heterocycles. The lowest BCUT2D eigenvalue weighted by Gasteiger charge is -1.99. The van der Waals surface area contributed by atoms with E-state index < -0.39 is 5.97 Å². The molecule has 106 valence electrons. The molecule has 0 radical (unpaired) electrons. The first kappa shape index (κ1) is 13.9. The molecule has 0 bridgehead atoms. The van der Waals surface area contributed by atoms with E-state index in [0.717, 1.165) is 31.8 Å². The van der Waals surface area contributed by atoms with Gasteiger partial charge < -0.3 is 5.11 Å². The lowest BCUT2D eigenvalue weighted by atomic mass is 10.1. The van der Waals surface area contributed by atoms with E-state index in [1.54, 1.807) is 11.3 Å². The molecule has 0 fully saturated rings. The number of aliphatic carboxylic acids is 1. The summed E-state index contributed by atoms with van der Waals surface area (Å²) in [6, 6.07) is 9.65. The molecule has 1 aromatic carbocycles. The largest absolute Gasteiger partial charge is 0.481 e. The third-order valence-electron chi connectivity index (χ3n) is 2.89. The van der Waals surface area contributed by atoms with E-state index in [1.807, 2.05) is 42.6 Å². The fraction of sp³-hybridized carbons (Fsp3) is 0.133. The van der Waals surface area contributed by atoms with Crippen molar-refractivity contribution in [3.05, 3.63) is 45.6 Å². The average Bonchev–Trinajstić information content (AvgIpc) is 3.06. The molecular weight excluding hydrogens is 304 g/mol. The van der Waals surface area contributed by atoms with E-state index >= 15 is 0 Å². The second-order valence-electron chi connectivity index (χ2n) is 4.48. The summed E-state index contributed by atoms with van der Waals surface area (Å²) in [4.78, 5) is 20.9. The maximum atomic E-state index is 11.1. The highest BCUT2D eigenvalue weighted by atomic mass is 32.1. The van der Waals surface area contributed by atoms with Gasteiger partial charge in [-0.3, -0.25) is 4.79 Å². The van der Waals surface area contributed by atoms with E-state index in [2.05, 4.69) is 9.97 Å². The van der Waals surface area contributed by atoms with Gasteiger partial charge in [0.25, 0.3) is 0 Å².